The van der Waals surface area contributed by atoms with Gasteiger partial charge in [0.15, 0.2) is 0 Å². The molecule has 0 aliphatic carbocycles. The first-order chi connectivity index (χ1) is 12.7. The van der Waals surface area contributed by atoms with Crippen LogP contribution >= 0.6 is 23.4 Å². The van der Waals surface area contributed by atoms with Gasteiger partial charge in [-0.1, -0.05) is 42.8 Å². The van der Waals surface area contributed by atoms with Crippen molar-refractivity contribution in [2.75, 3.05) is 18.1 Å². The Bertz CT molecular complexity index is 860. The Morgan fingerprint density at radius 2 is 1.81 bits per heavy atom. The molecule has 0 saturated carbocycles. The van der Waals surface area contributed by atoms with Crippen molar-refractivity contribution < 1.29 is 4.79 Å². The van der Waals surface area contributed by atoms with Crippen LogP contribution in [0.25, 0.3) is 22.5 Å². The van der Waals surface area contributed by atoms with Crippen molar-refractivity contribution in [3.05, 3.63) is 65.2 Å². The second kappa shape index (κ2) is 8.92. The number of aromatic amines is 1. The van der Waals surface area contributed by atoms with Gasteiger partial charge < -0.3 is 5.32 Å². The molecule has 26 heavy (non-hydrogen) atoms. The Morgan fingerprint density at radius 3 is 2.50 bits per heavy atom. The molecule has 0 saturated heterocycles. The monoisotopic (exact) mass is 385 g/mol. The van der Waals surface area contributed by atoms with Gasteiger partial charge in [0, 0.05) is 28.4 Å². The molecule has 0 aliphatic heterocycles. The number of rotatable bonds is 7. The van der Waals surface area contributed by atoms with E-state index in [-0.39, 0.29) is 5.91 Å². The van der Waals surface area contributed by atoms with E-state index in [2.05, 4.69) is 22.4 Å². The first-order valence-electron chi connectivity index (χ1n) is 8.45. The highest BCUT2D eigenvalue weighted by Gasteiger charge is 2.08. The van der Waals surface area contributed by atoms with Gasteiger partial charge in [0.2, 0.25) is 0 Å². The fourth-order valence-electron chi connectivity index (χ4n) is 2.52. The number of carbonyl (C=O) groups is 1. The molecular formula is C20H20ClN3OS. The summed E-state index contributed by atoms with van der Waals surface area (Å²) in [6.45, 7) is 2.79. The molecule has 0 unspecified atom stereocenters. The largest absolute Gasteiger partial charge is 0.351 e. The Morgan fingerprint density at radius 1 is 1.12 bits per heavy atom. The molecule has 2 N–H and O–H groups in total. The van der Waals surface area contributed by atoms with Crippen molar-refractivity contribution in [1.29, 1.82) is 0 Å². The van der Waals surface area contributed by atoms with E-state index in [1.165, 1.54) is 0 Å². The topological polar surface area (TPSA) is 57.8 Å². The predicted molar refractivity (Wildman–Crippen MR) is 110 cm³/mol. The highest BCUT2D eigenvalue weighted by Crippen LogP contribution is 2.25. The quantitative estimate of drug-likeness (QED) is 0.570. The van der Waals surface area contributed by atoms with E-state index in [4.69, 9.17) is 11.6 Å². The Labute approximate surface area is 162 Å². The SMILES string of the molecule is CCSCCNC(=O)c1ccc(-c2cc(-c3ccc(Cl)cc3)[nH]n2)cc1. The van der Waals surface area contributed by atoms with Gasteiger partial charge in [0.1, 0.15) is 0 Å². The molecule has 0 radical (unpaired) electrons. The van der Waals surface area contributed by atoms with Crippen molar-refractivity contribution in [3.8, 4) is 22.5 Å². The number of H-pyrrole nitrogens is 1. The molecule has 134 valence electrons. The van der Waals surface area contributed by atoms with Gasteiger partial charge >= 0.3 is 0 Å². The minimum atomic E-state index is -0.0443. The van der Waals surface area contributed by atoms with Crippen LogP contribution in [0.15, 0.2) is 54.6 Å². The third-order valence-corrected chi connectivity index (χ3v) is 5.07. The number of carbonyl (C=O) groups excluding carboxylic acids is 1. The summed E-state index contributed by atoms with van der Waals surface area (Å²) in [6, 6.07) is 17.1. The average Bonchev–Trinajstić information content (AvgIpc) is 3.16. The molecule has 2 aromatic carbocycles. The fraction of sp³-hybridized carbons (Fsp3) is 0.200. The Hall–Kier alpha value is -2.24. The van der Waals surface area contributed by atoms with Crippen LogP contribution < -0.4 is 5.32 Å². The zero-order valence-corrected chi connectivity index (χ0v) is 16.0. The summed E-state index contributed by atoms with van der Waals surface area (Å²) in [5.41, 5.74) is 4.39. The van der Waals surface area contributed by atoms with Crippen molar-refractivity contribution in [2.45, 2.75) is 6.92 Å². The second-order valence-corrected chi connectivity index (χ2v) is 7.53. The van der Waals surface area contributed by atoms with Crippen LogP contribution in [0.1, 0.15) is 17.3 Å². The Kier molecular flexibility index (Phi) is 6.36. The summed E-state index contributed by atoms with van der Waals surface area (Å²) in [6.07, 6.45) is 0. The average molecular weight is 386 g/mol. The van der Waals surface area contributed by atoms with E-state index in [1.54, 1.807) is 0 Å². The molecule has 1 amide bonds. The first kappa shape index (κ1) is 18.5. The molecule has 4 nitrogen and oxygen atoms in total. The van der Waals surface area contributed by atoms with E-state index in [0.29, 0.717) is 17.1 Å². The molecule has 1 aromatic heterocycles. The second-order valence-electron chi connectivity index (χ2n) is 5.70. The van der Waals surface area contributed by atoms with Crippen molar-refractivity contribution >= 4 is 29.3 Å². The van der Waals surface area contributed by atoms with E-state index in [9.17, 15) is 4.79 Å². The maximum absolute atomic E-state index is 12.1. The van der Waals surface area contributed by atoms with Gasteiger partial charge in [-0.2, -0.15) is 16.9 Å². The number of hydrogen-bond acceptors (Lipinski definition) is 3. The highest BCUT2D eigenvalue weighted by atomic mass is 35.5. The van der Waals surface area contributed by atoms with Crippen molar-refractivity contribution in [3.63, 3.8) is 0 Å². The summed E-state index contributed by atoms with van der Waals surface area (Å²) < 4.78 is 0. The zero-order valence-electron chi connectivity index (χ0n) is 14.5. The lowest BCUT2D eigenvalue weighted by Gasteiger charge is -2.05. The van der Waals surface area contributed by atoms with Crippen LogP contribution in [0.3, 0.4) is 0 Å². The minimum Gasteiger partial charge on any atom is -0.351 e. The number of benzene rings is 2. The lowest BCUT2D eigenvalue weighted by molar-refractivity contribution is 0.0956. The molecule has 1 heterocycles. The van der Waals surface area contributed by atoms with Gasteiger partial charge in [-0.05, 0) is 41.6 Å². The molecule has 0 fully saturated rings. The van der Waals surface area contributed by atoms with Gasteiger partial charge in [0.05, 0.1) is 11.4 Å². The summed E-state index contributed by atoms with van der Waals surface area (Å²) in [7, 11) is 0. The number of thioether (sulfide) groups is 1. The number of nitrogens with one attached hydrogen (secondary N) is 2. The normalized spacial score (nSPS) is 10.7. The van der Waals surface area contributed by atoms with Crippen LogP contribution in [-0.2, 0) is 0 Å². The lowest BCUT2D eigenvalue weighted by atomic mass is 10.1. The van der Waals surface area contributed by atoms with Crippen LogP contribution in [0.2, 0.25) is 5.02 Å². The maximum Gasteiger partial charge on any atom is 0.251 e. The van der Waals surface area contributed by atoms with Gasteiger partial charge in [-0.15, -0.1) is 0 Å². The molecule has 0 aliphatic rings. The number of nitrogens with zero attached hydrogens (tertiary/aromatic N) is 1. The number of halogens is 1. The molecule has 0 bridgehead atoms. The molecule has 3 aromatic rings. The molecule has 0 atom stereocenters. The van der Waals surface area contributed by atoms with Crippen LogP contribution in [0.4, 0.5) is 0 Å². The van der Waals surface area contributed by atoms with Crippen molar-refractivity contribution in [2.24, 2.45) is 0 Å². The first-order valence-corrected chi connectivity index (χ1v) is 9.98. The lowest BCUT2D eigenvalue weighted by Crippen LogP contribution is -2.25. The van der Waals surface area contributed by atoms with Gasteiger partial charge in [-0.25, -0.2) is 0 Å². The fourth-order valence-corrected chi connectivity index (χ4v) is 3.18. The van der Waals surface area contributed by atoms with E-state index < -0.39 is 0 Å². The summed E-state index contributed by atoms with van der Waals surface area (Å²) >= 11 is 7.74. The van der Waals surface area contributed by atoms with E-state index >= 15 is 0 Å². The third kappa shape index (κ3) is 4.68. The maximum atomic E-state index is 12.1. The molecule has 3 rings (SSSR count). The van der Waals surface area contributed by atoms with Crippen molar-refractivity contribution in [1.82, 2.24) is 15.5 Å². The van der Waals surface area contributed by atoms with Crippen LogP contribution in [0, 0.1) is 0 Å². The third-order valence-electron chi connectivity index (χ3n) is 3.91. The number of amides is 1. The Balaban J connectivity index is 1.67. The molecule has 6 heteroatoms. The standard InChI is InChI=1S/C20H20ClN3OS/c1-2-26-12-11-22-20(25)16-5-3-14(4-6-16)18-13-19(24-23-18)15-7-9-17(21)10-8-15/h3-10,13H,2,11-12H2,1H3,(H,22,25)(H,23,24). The van der Waals surface area contributed by atoms with Crippen LogP contribution in [-0.4, -0.2) is 34.2 Å². The summed E-state index contributed by atoms with van der Waals surface area (Å²) in [5, 5.41) is 11.0. The number of hydrogen-bond donors (Lipinski definition) is 2. The zero-order chi connectivity index (χ0) is 18.4. The van der Waals surface area contributed by atoms with E-state index in [0.717, 1.165) is 34.0 Å². The summed E-state index contributed by atoms with van der Waals surface area (Å²) in [5.74, 6) is 1.95. The van der Waals surface area contributed by atoms with Gasteiger partial charge in [0.25, 0.3) is 5.91 Å². The van der Waals surface area contributed by atoms with E-state index in [1.807, 2.05) is 66.4 Å². The molecular weight excluding hydrogens is 366 g/mol. The summed E-state index contributed by atoms with van der Waals surface area (Å²) in [4.78, 5) is 12.1. The minimum absolute atomic E-state index is 0.0443. The number of aromatic nitrogens is 2. The smallest absolute Gasteiger partial charge is 0.251 e. The van der Waals surface area contributed by atoms with Crippen LogP contribution in [0.5, 0.6) is 0 Å². The van der Waals surface area contributed by atoms with Gasteiger partial charge in [-0.3, -0.25) is 9.89 Å². The molecule has 0 spiro atoms. The predicted octanol–water partition coefficient (Wildman–Crippen LogP) is 4.88. The highest BCUT2D eigenvalue weighted by molar-refractivity contribution is 7.99.